The van der Waals surface area contributed by atoms with Gasteiger partial charge in [0.2, 0.25) is 0 Å². The van der Waals surface area contributed by atoms with Crippen molar-refractivity contribution in [1.82, 2.24) is 24.5 Å². The maximum atomic E-state index is 4.93. The quantitative estimate of drug-likeness (QED) is 0.156. The Bertz CT molecular complexity index is 2530. The average Bonchev–Trinajstić information content (AvgIpc) is 3.52. The zero-order chi connectivity index (χ0) is 32.6. The molecule has 0 saturated heterocycles. The van der Waals surface area contributed by atoms with Crippen LogP contribution in [0, 0.1) is 43.2 Å². The third-order valence-electron chi connectivity index (χ3n) is 8.74. The fourth-order valence-electron chi connectivity index (χ4n) is 6.36. The minimum Gasteiger partial charge on any atom is -0.308 e. The van der Waals surface area contributed by atoms with Gasteiger partial charge in [-0.15, -0.1) is 17.7 Å². The van der Waals surface area contributed by atoms with Crippen molar-refractivity contribution < 1.29 is 31.1 Å². The third-order valence-corrected chi connectivity index (χ3v) is 8.74. The van der Waals surface area contributed by atoms with Gasteiger partial charge in [0.25, 0.3) is 0 Å². The molecule has 0 fully saturated rings. The first-order chi connectivity index (χ1) is 24.3. The fourth-order valence-corrected chi connectivity index (χ4v) is 6.36. The topological polar surface area (TPSA) is 56.5 Å². The number of benzene rings is 6. The molecule has 9 aromatic rings. The third kappa shape index (κ3) is 5.94. The van der Waals surface area contributed by atoms with Crippen LogP contribution in [0.2, 0.25) is 0 Å². The summed E-state index contributed by atoms with van der Waals surface area (Å²) in [5.41, 5.74) is 9.98. The smallest absolute Gasteiger partial charge is 0.308 e. The molecule has 0 aliphatic rings. The van der Waals surface area contributed by atoms with Crippen molar-refractivity contribution in [3.05, 3.63) is 176 Å². The predicted molar refractivity (Wildman–Crippen MR) is 197 cm³/mol. The molecule has 0 amide bonds. The van der Waals surface area contributed by atoms with E-state index in [0.717, 1.165) is 50.1 Å². The van der Waals surface area contributed by atoms with Crippen LogP contribution in [-0.4, -0.2) is 24.5 Å². The number of rotatable bonds is 6. The minimum absolute atomic E-state index is 0. The Balaban J connectivity index is 0.00000361. The molecular formula is C44H27N5U. The fraction of sp³-hybridized carbons (Fsp3) is 0. The summed E-state index contributed by atoms with van der Waals surface area (Å²) in [5, 5.41) is 2.37. The molecule has 3 aromatic heterocycles. The van der Waals surface area contributed by atoms with E-state index in [9.17, 15) is 0 Å². The van der Waals surface area contributed by atoms with E-state index in [-0.39, 0.29) is 31.1 Å². The maximum absolute atomic E-state index is 4.93. The van der Waals surface area contributed by atoms with Crippen molar-refractivity contribution in [1.29, 1.82) is 0 Å². The molecule has 0 N–H and O–H groups in total. The molecule has 50 heavy (non-hydrogen) atoms. The second-order valence-corrected chi connectivity index (χ2v) is 11.8. The second kappa shape index (κ2) is 13.7. The molecule has 6 aromatic carbocycles. The average molecular weight is 864 g/mol. The molecular weight excluding hydrogens is 837 g/mol. The van der Waals surface area contributed by atoms with Crippen LogP contribution in [0.15, 0.2) is 164 Å². The first kappa shape index (κ1) is 31.6. The first-order valence-corrected chi connectivity index (χ1v) is 16.1. The second-order valence-electron chi connectivity index (χ2n) is 11.8. The molecule has 0 aliphatic heterocycles. The van der Waals surface area contributed by atoms with Gasteiger partial charge in [-0.05, 0) is 29.8 Å². The van der Waals surface area contributed by atoms with Crippen molar-refractivity contribution in [2.45, 2.75) is 0 Å². The van der Waals surface area contributed by atoms with Crippen LogP contribution in [-0.2, 0) is 0 Å². The largest absolute Gasteiger partial charge is 2.00 e. The normalized spacial score (nSPS) is 11.0. The van der Waals surface area contributed by atoms with Gasteiger partial charge in [-0.25, -0.2) is 26.1 Å². The van der Waals surface area contributed by atoms with Crippen LogP contribution < -0.4 is 0 Å². The van der Waals surface area contributed by atoms with Gasteiger partial charge < -0.3 is 4.57 Å². The summed E-state index contributed by atoms with van der Waals surface area (Å²) in [4.78, 5) is 19.5. The molecule has 0 bridgehead atoms. The Kier molecular flexibility index (Phi) is 8.65. The number of fused-ring (bicyclic) bond motifs is 3. The molecule has 0 spiro atoms. The van der Waals surface area contributed by atoms with E-state index in [1.54, 1.807) is 0 Å². The van der Waals surface area contributed by atoms with E-state index in [1.165, 1.54) is 10.8 Å². The summed E-state index contributed by atoms with van der Waals surface area (Å²) in [7, 11) is 0. The molecule has 0 saturated carbocycles. The van der Waals surface area contributed by atoms with E-state index in [1.807, 2.05) is 97.2 Å². The number of hydrogen-bond donors (Lipinski definition) is 0. The molecule has 0 radical (unpaired) electrons. The first-order valence-electron chi connectivity index (χ1n) is 16.1. The van der Waals surface area contributed by atoms with Gasteiger partial charge >= 0.3 is 31.1 Å². The van der Waals surface area contributed by atoms with E-state index in [2.05, 4.69) is 83.4 Å². The number of nitrogens with zero attached hydrogens (tertiary/aromatic N) is 5. The Morgan fingerprint density at radius 1 is 0.440 bits per heavy atom. The van der Waals surface area contributed by atoms with E-state index in [4.69, 9.17) is 19.9 Å². The van der Waals surface area contributed by atoms with Crippen LogP contribution in [0.3, 0.4) is 0 Å². The molecule has 3 heterocycles. The Morgan fingerprint density at radius 2 is 1.08 bits per heavy atom. The van der Waals surface area contributed by atoms with Gasteiger partial charge in [-0.2, -0.15) is 42.5 Å². The Labute approximate surface area is 313 Å². The van der Waals surface area contributed by atoms with Crippen molar-refractivity contribution >= 4 is 21.8 Å². The van der Waals surface area contributed by atoms with E-state index in [0.29, 0.717) is 23.2 Å². The summed E-state index contributed by atoms with van der Waals surface area (Å²) in [5.74, 6) is 1.74. The molecule has 0 atom stereocenters. The summed E-state index contributed by atoms with van der Waals surface area (Å²) >= 11 is 0. The van der Waals surface area contributed by atoms with Crippen LogP contribution in [0.1, 0.15) is 0 Å². The van der Waals surface area contributed by atoms with Gasteiger partial charge in [0.1, 0.15) is 5.69 Å². The number of para-hydroxylation sites is 1. The summed E-state index contributed by atoms with van der Waals surface area (Å²) < 4.78 is 2.28. The van der Waals surface area contributed by atoms with Crippen molar-refractivity contribution in [3.63, 3.8) is 0 Å². The SMILES string of the molecule is [U+2].[c-]1ccccc1-c1[c-]ccc(-c2ccc3c4ccccc4n(-c4ccc(-c5nc(-c6ccccc6)nc(-c6ccccc6)n5)nc4)c3c2)c1. The predicted octanol–water partition coefficient (Wildman–Crippen LogP) is 10.3. The molecule has 0 unspecified atom stereocenters. The van der Waals surface area contributed by atoms with Crippen LogP contribution in [0.5, 0.6) is 0 Å². The maximum Gasteiger partial charge on any atom is 2.00 e. The molecule has 0 aliphatic carbocycles. The number of hydrogen-bond acceptors (Lipinski definition) is 4. The van der Waals surface area contributed by atoms with Crippen molar-refractivity contribution in [2.24, 2.45) is 0 Å². The zero-order valence-corrected chi connectivity index (χ0v) is 31.0. The molecule has 232 valence electrons. The van der Waals surface area contributed by atoms with Gasteiger partial charge in [-0.3, -0.25) is 4.98 Å². The van der Waals surface area contributed by atoms with E-state index >= 15 is 0 Å². The van der Waals surface area contributed by atoms with Crippen molar-refractivity contribution in [2.75, 3.05) is 0 Å². The number of aromatic nitrogens is 5. The number of pyridine rings is 1. The van der Waals surface area contributed by atoms with Gasteiger partial charge in [0, 0.05) is 21.9 Å². The Hall–Kier alpha value is -5.67. The summed E-state index contributed by atoms with van der Waals surface area (Å²) in [6.45, 7) is 0. The molecule has 5 nitrogen and oxygen atoms in total. The Morgan fingerprint density at radius 3 is 1.78 bits per heavy atom. The summed E-state index contributed by atoms with van der Waals surface area (Å²) in [6, 6.07) is 60.2. The van der Waals surface area contributed by atoms with E-state index < -0.39 is 0 Å². The van der Waals surface area contributed by atoms with Gasteiger partial charge in [0.15, 0.2) is 17.5 Å². The minimum atomic E-state index is 0. The zero-order valence-electron chi connectivity index (χ0n) is 26.8. The van der Waals surface area contributed by atoms with Crippen molar-refractivity contribution in [3.8, 4) is 62.2 Å². The van der Waals surface area contributed by atoms with Gasteiger partial charge in [-0.1, -0.05) is 91.0 Å². The van der Waals surface area contributed by atoms with Gasteiger partial charge in [0.05, 0.1) is 22.9 Å². The van der Waals surface area contributed by atoms with Crippen LogP contribution in [0.4, 0.5) is 0 Å². The molecule has 9 rings (SSSR count). The molecule has 6 heteroatoms. The van der Waals surface area contributed by atoms with Crippen LogP contribution in [0.25, 0.3) is 84.0 Å². The summed E-state index contributed by atoms with van der Waals surface area (Å²) in [6.07, 6.45) is 1.91. The standard InChI is InChI=1S/C44H27N5.U/c1-4-13-30(14-5-1)33-19-12-20-34(27-33)35-23-25-38-37-21-10-11-22-40(37)49(41(38)28-35)36-24-26-39(45-29-36)44-47-42(31-15-6-2-7-16-31)46-43(48-44)32-17-8-3-9-18-32;/h1-13,15-18,20-29H;/q-2;+2. The van der Waals surface area contributed by atoms with Crippen LogP contribution >= 0.6 is 0 Å². The monoisotopic (exact) mass is 863 g/mol.